The van der Waals surface area contributed by atoms with Crippen LogP contribution in [0.1, 0.15) is 12.8 Å². The third kappa shape index (κ3) is 4.18. The number of carbonyl (C=O) groups is 4. The zero-order chi connectivity index (χ0) is 19.4. The maximum absolute atomic E-state index is 12.4. The standard InChI is InChI=1S/C18H22N4O5/c1-27-14-5-3-2-4-13(14)19-18(26)21-10-8-20(9-11-21)17(25)12-22-15(23)6-7-16(22)24/h2-5H,6-12H2,1H3,(H,19,26). The maximum Gasteiger partial charge on any atom is 0.322 e. The highest BCUT2D eigenvalue weighted by Crippen LogP contribution is 2.23. The first-order chi connectivity index (χ1) is 13.0. The van der Waals surface area contributed by atoms with Gasteiger partial charge in [0.05, 0.1) is 12.8 Å². The molecule has 0 bridgehead atoms. The number of imide groups is 1. The molecule has 5 amide bonds. The summed E-state index contributed by atoms with van der Waals surface area (Å²) in [7, 11) is 1.53. The summed E-state index contributed by atoms with van der Waals surface area (Å²) in [5, 5.41) is 2.81. The minimum Gasteiger partial charge on any atom is -0.495 e. The Morgan fingerprint density at radius 1 is 1.00 bits per heavy atom. The van der Waals surface area contributed by atoms with Crippen molar-refractivity contribution >= 4 is 29.4 Å². The fourth-order valence-corrected chi connectivity index (χ4v) is 3.14. The van der Waals surface area contributed by atoms with Gasteiger partial charge in [0.15, 0.2) is 0 Å². The SMILES string of the molecule is COc1ccccc1NC(=O)N1CCN(C(=O)CN2C(=O)CCC2=O)CC1. The predicted molar refractivity (Wildman–Crippen MR) is 96.1 cm³/mol. The van der Waals surface area contributed by atoms with E-state index in [2.05, 4.69) is 5.32 Å². The number of benzene rings is 1. The summed E-state index contributed by atoms with van der Waals surface area (Å²) >= 11 is 0. The highest BCUT2D eigenvalue weighted by Gasteiger charge is 2.33. The van der Waals surface area contributed by atoms with Crippen LogP contribution in [0.4, 0.5) is 10.5 Å². The summed E-state index contributed by atoms with van der Waals surface area (Å²) in [4.78, 5) is 52.2. The molecule has 2 aliphatic rings. The van der Waals surface area contributed by atoms with Crippen LogP contribution >= 0.6 is 0 Å². The van der Waals surface area contributed by atoms with Crippen molar-refractivity contribution < 1.29 is 23.9 Å². The molecule has 3 rings (SSSR count). The summed E-state index contributed by atoms with van der Waals surface area (Å²) < 4.78 is 5.22. The molecule has 9 heteroatoms. The van der Waals surface area contributed by atoms with E-state index in [1.54, 1.807) is 28.0 Å². The van der Waals surface area contributed by atoms with Gasteiger partial charge in [-0.15, -0.1) is 0 Å². The summed E-state index contributed by atoms with van der Waals surface area (Å²) in [5.74, 6) is -0.311. The lowest BCUT2D eigenvalue weighted by molar-refractivity contribution is -0.146. The molecule has 0 radical (unpaired) electrons. The number of ether oxygens (including phenoxy) is 1. The number of piperazine rings is 1. The lowest BCUT2D eigenvalue weighted by Crippen LogP contribution is -2.53. The van der Waals surface area contributed by atoms with Crippen molar-refractivity contribution in [2.75, 3.05) is 45.2 Å². The Labute approximate surface area is 156 Å². The topological polar surface area (TPSA) is 99.3 Å². The number of likely N-dealkylation sites (tertiary alicyclic amines) is 1. The Hall–Kier alpha value is -3.10. The number of rotatable bonds is 4. The van der Waals surface area contributed by atoms with Gasteiger partial charge in [0.1, 0.15) is 12.3 Å². The van der Waals surface area contributed by atoms with E-state index >= 15 is 0 Å². The van der Waals surface area contributed by atoms with Crippen LogP contribution in [0.25, 0.3) is 0 Å². The van der Waals surface area contributed by atoms with E-state index in [0.717, 1.165) is 4.90 Å². The second-order valence-electron chi connectivity index (χ2n) is 6.37. The molecule has 0 spiro atoms. The van der Waals surface area contributed by atoms with E-state index in [1.807, 2.05) is 6.07 Å². The van der Waals surface area contributed by atoms with Crippen LogP contribution in [0.3, 0.4) is 0 Å². The van der Waals surface area contributed by atoms with Crippen molar-refractivity contribution in [3.8, 4) is 5.75 Å². The number of hydrogen-bond donors (Lipinski definition) is 1. The van der Waals surface area contributed by atoms with Gasteiger partial charge in [-0.1, -0.05) is 12.1 Å². The number of carbonyl (C=O) groups excluding carboxylic acids is 4. The Balaban J connectivity index is 1.51. The second-order valence-corrected chi connectivity index (χ2v) is 6.37. The molecule has 9 nitrogen and oxygen atoms in total. The molecule has 0 atom stereocenters. The van der Waals surface area contributed by atoms with Crippen LogP contribution in [0.15, 0.2) is 24.3 Å². The highest BCUT2D eigenvalue weighted by molar-refractivity contribution is 6.04. The molecule has 1 aromatic rings. The lowest BCUT2D eigenvalue weighted by atomic mass is 10.3. The van der Waals surface area contributed by atoms with Crippen LogP contribution in [0.5, 0.6) is 5.75 Å². The molecule has 144 valence electrons. The van der Waals surface area contributed by atoms with Crippen molar-refractivity contribution in [3.63, 3.8) is 0 Å². The van der Waals surface area contributed by atoms with E-state index in [-0.39, 0.29) is 43.1 Å². The van der Waals surface area contributed by atoms with E-state index in [9.17, 15) is 19.2 Å². The zero-order valence-corrected chi connectivity index (χ0v) is 15.1. The summed E-state index contributed by atoms with van der Waals surface area (Å²) in [6, 6.07) is 6.86. The molecular weight excluding hydrogens is 352 g/mol. The molecule has 1 aromatic carbocycles. The number of amides is 5. The van der Waals surface area contributed by atoms with Crippen LogP contribution in [-0.4, -0.2) is 78.3 Å². The lowest BCUT2D eigenvalue weighted by Gasteiger charge is -2.35. The molecule has 2 fully saturated rings. The molecular formula is C18H22N4O5. The molecule has 2 saturated heterocycles. The third-order valence-corrected chi connectivity index (χ3v) is 4.72. The van der Waals surface area contributed by atoms with Gasteiger partial charge in [-0.25, -0.2) is 4.79 Å². The van der Waals surface area contributed by atoms with Crippen molar-refractivity contribution in [3.05, 3.63) is 24.3 Å². The summed E-state index contributed by atoms with van der Waals surface area (Å²) in [6.45, 7) is 1.23. The molecule has 1 N–H and O–H groups in total. The van der Waals surface area contributed by atoms with Gasteiger partial charge in [-0.05, 0) is 12.1 Å². The van der Waals surface area contributed by atoms with Gasteiger partial charge in [0.2, 0.25) is 17.7 Å². The van der Waals surface area contributed by atoms with Crippen molar-refractivity contribution in [2.45, 2.75) is 12.8 Å². The third-order valence-electron chi connectivity index (χ3n) is 4.72. The Kier molecular flexibility index (Phi) is 5.58. The minimum atomic E-state index is -0.303. The van der Waals surface area contributed by atoms with Gasteiger partial charge < -0.3 is 19.9 Å². The van der Waals surface area contributed by atoms with Crippen LogP contribution in [0.2, 0.25) is 0 Å². The molecule has 27 heavy (non-hydrogen) atoms. The van der Waals surface area contributed by atoms with Crippen LogP contribution in [-0.2, 0) is 14.4 Å². The first-order valence-corrected chi connectivity index (χ1v) is 8.79. The predicted octanol–water partition coefficient (Wildman–Crippen LogP) is 0.520. The number of nitrogens with zero attached hydrogens (tertiary/aromatic N) is 3. The number of anilines is 1. The van der Waals surface area contributed by atoms with Crippen LogP contribution in [0, 0.1) is 0 Å². The van der Waals surface area contributed by atoms with E-state index in [0.29, 0.717) is 37.6 Å². The minimum absolute atomic E-state index is 0.170. The molecule has 2 aliphatic heterocycles. The second kappa shape index (κ2) is 8.07. The smallest absolute Gasteiger partial charge is 0.322 e. The quantitative estimate of drug-likeness (QED) is 0.775. The van der Waals surface area contributed by atoms with Crippen molar-refractivity contribution in [1.82, 2.24) is 14.7 Å². The van der Waals surface area contributed by atoms with Gasteiger partial charge in [0, 0.05) is 39.0 Å². The van der Waals surface area contributed by atoms with Crippen molar-refractivity contribution in [1.29, 1.82) is 0 Å². The van der Waals surface area contributed by atoms with E-state index in [4.69, 9.17) is 4.74 Å². The van der Waals surface area contributed by atoms with Crippen LogP contribution < -0.4 is 10.1 Å². The first kappa shape index (κ1) is 18.7. The zero-order valence-electron chi connectivity index (χ0n) is 15.1. The highest BCUT2D eigenvalue weighted by atomic mass is 16.5. The van der Waals surface area contributed by atoms with E-state index < -0.39 is 0 Å². The van der Waals surface area contributed by atoms with Gasteiger partial charge in [0.25, 0.3) is 0 Å². The maximum atomic E-state index is 12.4. The van der Waals surface area contributed by atoms with E-state index in [1.165, 1.54) is 7.11 Å². The molecule has 0 saturated carbocycles. The number of para-hydroxylation sites is 2. The average molecular weight is 374 g/mol. The molecule has 2 heterocycles. The molecule has 0 aromatic heterocycles. The average Bonchev–Trinajstić information content (AvgIpc) is 3.00. The van der Waals surface area contributed by atoms with Gasteiger partial charge in [-0.3, -0.25) is 19.3 Å². The van der Waals surface area contributed by atoms with Crippen molar-refractivity contribution in [2.24, 2.45) is 0 Å². The summed E-state index contributed by atoms with van der Waals surface area (Å²) in [6.07, 6.45) is 0.339. The number of urea groups is 1. The number of nitrogens with one attached hydrogen (secondary N) is 1. The van der Waals surface area contributed by atoms with Gasteiger partial charge >= 0.3 is 6.03 Å². The fourth-order valence-electron chi connectivity index (χ4n) is 3.14. The Morgan fingerprint density at radius 2 is 1.59 bits per heavy atom. The molecule has 0 unspecified atom stereocenters. The normalized spacial score (nSPS) is 17.3. The molecule has 0 aliphatic carbocycles. The Morgan fingerprint density at radius 3 is 2.22 bits per heavy atom. The Bertz CT molecular complexity index is 742. The largest absolute Gasteiger partial charge is 0.495 e. The first-order valence-electron chi connectivity index (χ1n) is 8.79. The van der Waals surface area contributed by atoms with Gasteiger partial charge in [-0.2, -0.15) is 0 Å². The summed E-state index contributed by atoms with van der Waals surface area (Å²) in [5.41, 5.74) is 0.578. The fraction of sp³-hybridized carbons (Fsp3) is 0.444. The number of hydrogen-bond acceptors (Lipinski definition) is 5. The monoisotopic (exact) mass is 374 g/mol. The number of methoxy groups -OCH3 is 1.